The fourth-order valence-corrected chi connectivity index (χ4v) is 11.0. The van der Waals surface area contributed by atoms with Crippen LogP contribution in [-0.4, -0.2) is 71.5 Å². The lowest BCUT2D eigenvalue weighted by molar-refractivity contribution is 0.0978. The molecule has 2 N–H and O–H groups in total. The number of carbonyl (C=O) groups excluding carboxylic acids is 6. The molecule has 4 aromatic rings. The lowest BCUT2D eigenvalue weighted by atomic mass is 9.75. The first-order chi connectivity index (χ1) is 34.3. The summed E-state index contributed by atoms with van der Waals surface area (Å²) < 4.78 is 11.1. The molecule has 0 atom stereocenters. The Morgan fingerprint density at radius 3 is 1.00 bits per heavy atom. The second kappa shape index (κ2) is 29.2. The van der Waals surface area contributed by atoms with E-state index in [4.69, 9.17) is 9.47 Å². The number of hydrogen-bond donors (Lipinski definition) is 2. The first-order valence-electron chi connectivity index (χ1n) is 26.0. The molecule has 0 saturated carbocycles. The third-order valence-corrected chi connectivity index (χ3v) is 15.2. The van der Waals surface area contributed by atoms with E-state index < -0.39 is 35.3 Å². The number of carbonyl (C=O) groups is 6. The van der Waals surface area contributed by atoms with Gasteiger partial charge in [-0.25, -0.2) is 9.59 Å². The minimum Gasteiger partial charge on any atom is -0.448 e. The van der Waals surface area contributed by atoms with E-state index in [1.54, 1.807) is 84.2 Å². The molecular formula is C58H72N2O8S2. The minimum atomic E-state index is -0.765. The second-order valence-electron chi connectivity index (χ2n) is 18.3. The molecule has 0 aliphatic heterocycles. The van der Waals surface area contributed by atoms with Crippen LogP contribution in [-0.2, 0) is 9.47 Å². The Morgan fingerprint density at radius 1 is 0.371 bits per heavy atom. The number of thioether (sulfide) groups is 2. The fourth-order valence-electron chi connectivity index (χ4n) is 9.37. The molecule has 0 bridgehead atoms. The molecule has 6 rings (SSSR count). The molecule has 2 amide bonds. The van der Waals surface area contributed by atoms with Crippen molar-refractivity contribution in [3.05, 3.63) is 117 Å². The molecule has 374 valence electrons. The summed E-state index contributed by atoms with van der Waals surface area (Å²) in [7, 11) is 0. The van der Waals surface area contributed by atoms with Gasteiger partial charge in [-0.05, 0) is 47.6 Å². The van der Waals surface area contributed by atoms with Crippen LogP contribution in [0.3, 0.4) is 0 Å². The quantitative estimate of drug-likeness (QED) is 0.0404. The van der Waals surface area contributed by atoms with Crippen molar-refractivity contribution in [3.63, 3.8) is 0 Å². The monoisotopic (exact) mass is 988 g/mol. The van der Waals surface area contributed by atoms with E-state index in [0.717, 1.165) is 24.3 Å². The number of rotatable bonds is 31. The van der Waals surface area contributed by atoms with Crippen LogP contribution < -0.4 is 10.6 Å². The van der Waals surface area contributed by atoms with Crippen molar-refractivity contribution in [2.45, 2.75) is 142 Å². The maximum Gasteiger partial charge on any atom is 0.411 e. The zero-order valence-electron chi connectivity index (χ0n) is 41.4. The Hall–Kier alpha value is -5.20. The van der Waals surface area contributed by atoms with E-state index in [0.29, 0.717) is 11.5 Å². The largest absolute Gasteiger partial charge is 0.448 e. The third-order valence-electron chi connectivity index (χ3n) is 13.1. The summed E-state index contributed by atoms with van der Waals surface area (Å²) in [6, 6.07) is 19.1. The van der Waals surface area contributed by atoms with Crippen LogP contribution >= 0.6 is 23.5 Å². The maximum absolute atomic E-state index is 14.6. The van der Waals surface area contributed by atoms with Crippen molar-refractivity contribution in [1.29, 1.82) is 0 Å². The van der Waals surface area contributed by atoms with Crippen LogP contribution in [0.25, 0.3) is 11.1 Å². The van der Waals surface area contributed by atoms with E-state index in [9.17, 15) is 28.8 Å². The van der Waals surface area contributed by atoms with E-state index in [-0.39, 0.29) is 80.2 Å². The van der Waals surface area contributed by atoms with Crippen LogP contribution in [0.2, 0.25) is 0 Å². The Kier molecular flexibility index (Phi) is 22.6. The normalized spacial score (nSPS) is 12.5. The first-order valence-corrected chi connectivity index (χ1v) is 28.3. The highest BCUT2D eigenvalue weighted by Gasteiger charge is 2.39. The number of fused-ring (bicyclic) bond motifs is 4. The van der Waals surface area contributed by atoms with E-state index in [1.165, 1.54) is 128 Å². The van der Waals surface area contributed by atoms with Gasteiger partial charge in [0.2, 0.25) is 0 Å². The molecule has 12 heteroatoms. The van der Waals surface area contributed by atoms with Crippen LogP contribution in [0, 0.1) is 0 Å². The van der Waals surface area contributed by atoms with Crippen LogP contribution in [0.1, 0.15) is 206 Å². The number of ketones is 4. The van der Waals surface area contributed by atoms with Gasteiger partial charge in [0.05, 0.1) is 22.5 Å². The van der Waals surface area contributed by atoms with Crippen LogP contribution in [0.15, 0.2) is 72.8 Å². The Morgan fingerprint density at radius 2 is 0.671 bits per heavy atom. The van der Waals surface area contributed by atoms with Gasteiger partial charge in [-0.15, -0.1) is 0 Å². The standard InChI is InChI=1S/C58H72N2O8S2/c1-3-5-7-9-11-13-15-17-19-25-37-69-39-35-67-57(65)59-47-33-31-41(49-51(47)55(63)45-29-23-21-27-43(45)53(49)61)42-32-34-48(52-50(42)54(62)44-28-22-24-30-46(44)56(52)64)60-58(66)68-36-40-70-38-26-20-18-16-14-12-10-8-6-4-2/h21-24,27-34H,3-20,25-26,35-40H2,1-2H3,(H,59,65)(H,60,66). The van der Waals surface area contributed by atoms with Crippen molar-refractivity contribution >= 4 is 70.2 Å². The average Bonchev–Trinajstić information content (AvgIpc) is 3.37. The predicted octanol–water partition coefficient (Wildman–Crippen LogP) is 15.3. The number of amides is 2. The van der Waals surface area contributed by atoms with Crippen LogP contribution in [0.5, 0.6) is 0 Å². The lowest BCUT2D eigenvalue weighted by Gasteiger charge is -2.26. The van der Waals surface area contributed by atoms with Gasteiger partial charge < -0.3 is 9.47 Å². The van der Waals surface area contributed by atoms with E-state index in [1.807, 2.05) is 0 Å². The molecule has 4 aromatic carbocycles. The number of unbranched alkanes of at least 4 members (excludes halogenated alkanes) is 18. The summed E-state index contributed by atoms with van der Waals surface area (Å²) in [4.78, 5) is 84.4. The molecule has 70 heavy (non-hydrogen) atoms. The van der Waals surface area contributed by atoms with Gasteiger partial charge in [-0.1, -0.05) is 190 Å². The number of anilines is 2. The summed E-state index contributed by atoms with van der Waals surface area (Å²) in [6.45, 7) is 4.81. The molecule has 0 heterocycles. The number of ether oxygens (including phenoxy) is 2. The summed E-state index contributed by atoms with van der Waals surface area (Å²) >= 11 is 3.46. The highest BCUT2D eigenvalue weighted by atomic mass is 32.2. The zero-order valence-corrected chi connectivity index (χ0v) is 43.0. The van der Waals surface area contributed by atoms with Gasteiger partial charge in [-0.2, -0.15) is 23.5 Å². The van der Waals surface area contributed by atoms with E-state index in [2.05, 4.69) is 24.5 Å². The summed E-state index contributed by atoms with van der Waals surface area (Å²) in [5.41, 5.74) is 1.15. The van der Waals surface area contributed by atoms with Gasteiger partial charge in [0, 0.05) is 44.9 Å². The smallest absolute Gasteiger partial charge is 0.411 e. The van der Waals surface area contributed by atoms with Crippen molar-refractivity contribution in [1.82, 2.24) is 0 Å². The third kappa shape index (κ3) is 14.9. The molecule has 0 aromatic heterocycles. The van der Waals surface area contributed by atoms with Crippen molar-refractivity contribution < 1.29 is 38.2 Å². The van der Waals surface area contributed by atoms with Gasteiger partial charge in [-0.3, -0.25) is 29.8 Å². The highest BCUT2D eigenvalue weighted by molar-refractivity contribution is 7.99. The molecule has 2 aliphatic carbocycles. The molecule has 0 unspecified atom stereocenters. The average molecular weight is 989 g/mol. The SMILES string of the molecule is CCCCCCCCCCCCSCCOC(=O)Nc1ccc(-c2ccc(NC(=O)OCCSCCCCCCCCCCCC)c3c2C(=O)c2ccccc2C3=O)c2c1C(=O)c1ccccc1C2=O. The molecule has 0 radical (unpaired) electrons. The van der Waals surface area contributed by atoms with Crippen molar-refractivity contribution in [2.24, 2.45) is 0 Å². The topological polar surface area (TPSA) is 145 Å². The van der Waals surface area contributed by atoms with Crippen LogP contribution in [0.4, 0.5) is 21.0 Å². The Labute approximate surface area is 424 Å². The van der Waals surface area contributed by atoms with Gasteiger partial charge >= 0.3 is 12.2 Å². The van der Waals surface area contributed by atoms with Gasteiger partial charge in [0.15, 0.2) is 23.1 Å². The number of benzene rings is 4. The first kappa shape index (κ1) is 54.1. The molecule has 0 spiro atoms. The summed E-state index contributed by atoms with van der Waals surface area (Å²) in [5, 5.41) is 5.44. The second-order valence-corrected chi connectivity index (χ2v) is 20.8. The predicted molar refractivity (Wildman–Crippen MR) is 287 cm³/mol. The lowest BCUT2D eigenvalue weighted by Crippen LogP contribution is -2.27. The summed E-state index contributed by atoms with van der Waals surface area (Å²) in [5.74, 6) is 1.26. The Balaban J connectivity index is 1.12. The zero-order chi connectivity index (χ0) is 49.5. The van der Waals surface area contributed by atoms with Gasteiger partial charge in [0.25, 0.3) is 0 Å². The van der Waals surface area contributed by atoms with Gasteiger partial charge in [0.1, 0.15) is 13.2 Å². The molecule has 0 fully saturated rings. The number of hydrogen-bond acceptors (Lipinski definition) is 10. The molecular weight excluding hydrogens is 917 g/mol. The molecule has 0 saturated heterocycles. The fraction of sp³-hybridized carbons (Fsp3) is 0.483. The Bertz CT molecular complexity index is 2260. The number of nitrogens with one attached hydrogen (secondary N) is 2. The highest BCUT2D eigenvalue weighted by Crippen LogP contribution is 2.44. The van der Waals surface area contributed by atoms with Crippen molar-refractivity contribution in [3.8, 4) is 11.1 Å². The summed E-state index contributed by atoms with van der Waals surface area (Å²) in [6.07, 6.45) is 23.9. The maximum atomic E-state index is 14.6. The van der Waals surface area contributed by atoms with E-state index >= 15 is 0 Å². The minimum absolute atomic E-state index is 0.0229. The van der Waals surface area contributed by atoms with Crippen molar-refractivity contribution in [2.75, 3.05) is 46.9 Å². The molecule has 10 nitrogen and oxygen atoms in total. The molecule has 2 aliphatic rings.